The molecule has 0 radical (unpaired) electrons. The largest absolute Gasteiger partial charge is 0.381 e. The highest BCUT2D eigenvalue weighted by Crippen LogP contribution is 2.33. The predicted octanol–water partition coefficient (Wildman–Crippen LogP) is 3.85. The average molecular weight is 331 g/mol. The summed E-state index contributed by atoms with van der Waals surface area (Å²) in [7, 11) is 0. The SMILES string of the molecule is O=C(N(CC1CCOC1)c1ccccc1)C(F)(F)c1ccccc1. The summed E-state index contributed by atoms with van der Waals surface area (Å²) in [5, 5.41) is 0. The van der Waals surface area contributed by atoms with Crippen LogP contribution < -0.4 is 4.90 Å². The molecule has 3 nitrogen and oxygen atoms in total. The maximum absolute atomic E-state index is 14.7. The van der Waals surface area contributed by atoms with Crippen molar-refractivity contribution in [2.24, 2.45) is 5.92 Å². The lowest BCUT2D eigenvalue weighted by Gasteiger charge is -2.29. The standard InChI is InChI=1S/C19H19F2NO2/c20-19(21,16-7-3-1-4-8-16)18(23)22(13-15-11-12-24-14-15)17-9-5-2-6-10-17/h1-10,15H,11-14H2. The van der Waals surface area contributed by atoms with Crippen molar-refractivity contribution >= 4 is 11.6 Å². The van der Waals surface area contributed by atoms with Crippen LogP contribution in [0.1, 0.15) is 12.0 Å². The summed E-state index contributed by atoms with van der Waals surface area (Å²) in [6.45, 7) is 1.33. The molecule has 0 aliphatic carbocycles. The molecule has 0 N–H and O–H groups in total. The normalized spacial score (nSPS) is 17.7. The Balaban J connectivity index is 1.90. The number of carbonyl (C=O) groups excluding carboxylic acids is 1. The van der Waals surface area contributed by atoms with Crippen molar-refractivity contribution in [2.45, 2.75) is 12.3 Å². The van der Waals surface area contributed by atoms with E-state index in [9.17, 15) is 13.6 Å². The molecule has 0 saturated carbocycles. The third kappa shape index (κ3) is 3.46. The first-order valence-electron chi connectivity index (χ1n) is 7.97. The molecule has 2 aromatic carbocycles. The predicted molar refractivity (Wildman–Crippen MR) is 88.1 cm³/mol. The van der Waals surface area contributed by atoms with Gasteiger partial charge in [0, 0.05) is 30.3 Å². The number of carbonyl (C=O) groups is 1. The molecule has 1 heterocycles. The maximum atomic E-state index is 14.7. The van der Waals surface area contributed by atoms with Gasteiger partial charge in [0.15, 0.2) is 0 Å². The van der Waals surface area contributed by atoms with Crippen LogP contribution in [-0.2, 0) is 15.5 Å². The molecule has 1 aliphatic heterocycles. The second kappa shape index (κ2) is 7.09. The van der Waals surface area contributed by atoms with Crippen LogP contribution in [0.3, 0.4) is 0 Å². The number of para-hydroxylation sites is 1. The van der Waals surface area contributed by atoms with Gasteiger partial charge in [-0.2, -0.15) is 8.78 Å². The Morgan fingerprint density at radius 3 is 2.29 bits per heavy atom. The number of nitrogens with zero attached hydrogens (tertiary/aromatic N) is 1. The summed E-state index contributed by atoms with van der Waals surface area (Å²) < 4.78 is 34.8. The fourth-order valence-electron chi connectivity index (χ4n) is 2.84. The van der Waals surface area contributed by atoms with Crippen LogP contribution in [0, 0.1) is 5.92 Å². The number of hydrogen-bond acceptors (Lipinski definition) is 2. The summed E-state index contributed by atoms with van der Waals surface area (Å²) in [5.74, 6) is -4.70. The summed E-state index contributed by atoms with van der Waals surface area (Å²) in [5.41, 5.74) is 0.184. The number of anilines is 1. The zero-order valence-corrected chi connectivity index (χ0v) is 13.2. The summed E-state index contributed by atoms with van der Waals surface area (Å²) in [6.07, 6.45) is 0.771. The fourth-order valence-corrected chi connectivity index (χ4v) is 2.84. The molecule has 3 rings (SSSR count). The van der Waals surface area contributed by atoms with Gasteiger partial charge in [0.05, 0.1) is 6.61 Å². The van der Waals surface area contributed by atoms with Gasteiger partial charge >= 0.3 is 11.8 Å². The van der Waals surface area contributed by atoms with Crippen LogP contribution in [-0.4, -0.2) is 25.7 Å². The first-order valence-corrected chi connectivity index (χ1v) is 7.97. The Morgan fingerprint density at radius 1 is 1.08 bits per heavy atom. The van der Waals surface area contributed by atoms with E-state index in [-0.39, 0.29) is 18.0 Å². The van der Waals surface area contributed by atoms with Crippen LogP contribution in [0.5, 0.6) is 0 Å². The van der Waals surface area contributed by atoms with Crippen molar-refractivity contribution in [3.8, 4) is 0 Å². The van der Waals surface area contributed by atoms with Crippen LogP contribution in [0.4, 0.5) is 14.5 Å². The molecule has 0 spiro atoms. The van der Waals surface area contributed by atoms with Crippen molar-refractivity contribution in [1.29, 1.82) is 0 Å². The molecular weight excluding hydrogens is 312 g/mol. The van der Waals surface area contributed by atoms with E-state index >= 15 is 0 Å². The summed E-state index contributed by atoms with van der Waals surface area (Å²) >= 11 is 0. The molecule has 1 fully saturated rings. The first-order chi connectivity index (χ1) is 11.6. The molecule has 1 unspecified atom stereocenters. The van der Waals surface area contributed by atoms with Crippen LogP contribution in [0.25, 0.3) is 0 Å². The minimum absolute atomic E-state index is 0.0701. The van der Waals surface area contributed by atoms with Gasteiger partial charge in [-0.3, -0.25) is 4.79 Å². The Bertz CT molecular complexity index is 670. The van der Waals surface area contributed by atoms with Gasteiger partial charge in [-0.05, 0) is 18.6 Å². The topological polar surface area (TPSA) is 29.5 Å². The van der Waals surface area contributed by atoms with Crippen molar-refractivity contribution < 1.29 is 18.3 Å². The highest BCUT2D eigenvalue weighted by Gasteiger charge is 2.44. The third-order valence-electron chi connectivity index (χ3n) is 4.18. The minimum Gasteiger partial charge on any atom is -0.381 e. The zero-order chi connectivity index (χ0) is 17.0. The fraction of sp³-hybridized carbons (Fsp3) is 0.316. The van der Waals surface area contributed by atoms with Crippen molar-refractivity contribution in [3.05, 3.63) is 66.2 Å². The van der Waals surface area contributed by atoms with Crippen molar-refractivity contribution in [3.63, 3.8) is 0 Å². The van der Waals surface area contributed by atoms with Crippen LogP contribution >= 0.6 is 0 Å². The number of alkyl halides is 2. The van der Waals surface area contributed by atoms with Crippen molar-refractivity contribution in [2.75, 3.05) is 24.7 Å². The highest BCUT2D eigenvalue weighted by molar-refractivity contribution is 5.99. The quantitative estimate of drug-likeness (QED) is 0.833. The van der Waals surface area contributed by atoms with Crippen molar-refractivity contribution in [1.82, 2.24) is 0 Å². The number of amides is 1. The molecule has 5 heteroatoms. The molecule has 1 aliphatic rings. The first kappa shape index (κ1) is 16.6. The van der Waals surface area contributed by atoms with E-state index in [1.54, 1.807) is 36.4 Å². The smallest absolute Gasteiger partial charge is 0.350 e. The molecule has 126 valence electrons. The van der Waals surface area contributed by atoms with Gasteiger partial charge in [0.25, 0.3) is 0 Å². The molecule has 2 aromatic rings. The Kier molecular flexibility index (Phi) is 4.90. The maximum Gasteiger partial charge on any atom is 0.350 e. The summed E-state index contributed by atoms with van der Waals surface area (Å²) in [6, 6.07) is 15.8. The van der Waals surface area contributed by atoms with E-state index in [1.165, 1.54) is 29.2 Å². The van der Waals surface area contributed by atoms with Gasteiger partial charge in [-0.1, -0.05) is 48.5 Å². The number of ether oxygens (including phenoxy) is 1. The molecule has 1 amide bonds. The highest BCUT2D eigenvalue weighted by atomic mass is 19.3. The molecule has 0 aromatic heterocycles. The number of hydrogen-bond donors (Lipinski definition) is 0. The van der Waals surface area contributed by atoms with Crippen LogP contribution in [0.15, 0.2) is 60.7 Å². The Labute approximate surface area is 139 Å². The van der Waals surface area contributed by atoms with Gasteiger partial charge in [-0.25, -0.2) is 0 Å². The van der Waals surface area contributed by atoms with E-state index in [2.05, 4.69) is 0 Å². The van der Waals surface area contributed by atoms with Gasteiger partial charge in [0.1, 0.15) is 0 Å². The monoisotopic (exact) mass is 331 g/mol. The molecule has 1 atom stereocenters. The Morgan fingerprint density at radius 2 is 1.71 bits per heavy atom. The summed E-state index contributed by atoms with van der Waals surface area (Å²) in [4.78, 5) is 13.9. The molecule has 24 heavy (non-hydrogen) atoms. The third-order valence-corrected chi connectivity index (χ3v) is 4.18. The lowest BCUT2D eigenvalue weighted by Crippen LogP contribution is -2.44. The van der Waals surface area contributed by atoms with Gasteiger partial charge in [-0.15, -0.1) is 0 Å². The number of rotatable bonds is 5. The number of halogens is 2. The van der Waals surface area contributed by atoms with Gasteiger partial charge in [0.2, 0.25) is 0 Å². The zero-order valence-electron chi connectivity index (χ0n) is 13.2. The minimum atomic E-state index is -3.57. The molecular formula is C19H19F2NO2. The second-order valence-electron chi connectivity index (χ2n) is 5.92. The van der Waals surface area contributed by atoms with E-state index < -0.39 is 11.8 Å². The van der Waals surface area contributed by atoms with Gasteiger partial charge < -0.3 is 9.64 Å². The number of benzene rings is 2. The second-order valence-corrected chi connectivity index (χ2v) is 5.92. The van der Waals surface area contributed by atoms with E-state index in [1.807, 2.05) is 0 Å². The van der Waals surface area contributed by atoms with E-state index in [4.69, 9.17) is 4.74 Å². The molecule has 1 saturated heterocycles. The van der Waals surface area contributed by atoms with E-state index in [0.717, 1.165) is 6.42 Å². The Hall–Kier alpha value is -2.27. The molecule has 0 bridgehead atoms. The average Bonchev–Trinajstić information content (AvgIpc) is 3.14. The lowest BCUT2D eigenvalue weighted by molar-refractivity contribution is -0.144. The van der Waals surface area contributed by atoms with E-state index in [0.29, 0.717) is 18.9 Å². The van der Waals surface area contributed by atoms with Crippen LogP contribution in [0.2, 0.25) is 0 Å². The lowest BCUT2D eigenvalue weighted by atomic mass is 10.0.